The fourth-order valence-corrected chi connectivity index (χ4v) is 4.27. The van der Waals surface area contributed by atoms with Gasteiger partial charge in [0.25, 0.3) is 0 Å². The molecular formula is C16H25N3O3S. The molecule has 0 aliphatic heterocycles. The molecule has 1 aromatic heterocycles. The molecule has 2 aliphatic rings. The molecule has 0 spiro atoms. The SMILES string of the molecule is CC(C)N(Cc1nc(CS(C)(=O)=O)no1)C[C@H]1C[C@H]2C=C[C@H]1C2. The number of hydrogen-bond donors (Lipinski definition) is 0. The quantitative estimate of drug-likeness (QED) is 0.708. The molecule has 0 radical (unpaired) electrons. The maximum absolute atomic E-state index is 11.3. The number of rotatable bonds is 7. The van der Waals surface area contributed by atoms with E-state index in [-0.39, 0.29) is 11.6 Å². The smallest absolute Gasteiger partial charge is 0.240 e. The molecule has 3 atom stereocenters. The number of hydrogen-bond acceptors (Lipinski definition) is 6. The molecule has 0 unspecified atom stereocenters. The highest BCUT2D eigenvalue weighted by Gasteiger charge is 2.36. The Hall–Kier alpha value is -1.21. The first-order chi connectivity index (χ1) is 10.8. The van der Waals surface area contributed by atoms with Crippen LogP contribution in [0.4, 0.5) is 0 Å². The minimum absolute atomic E-state index is 0.171. The van der Waals surface area contributed by atoms with Gasteiger partial charge in [0.15, 0.2) is 15.7 Å². The second-order valence-electron chi connectivity index (χ2n) is 7.24. The molecule has 0 N–H and O–H groups in total. The topological polar surface area (TPSA) is 76.3 Å². The van der Waals surface area contributed by atoms with Gasteiger partial charge >= 0.3 is 0 Å². The lowest BCUT2D eigenvalue weighted by Crippen LogP contribution is -2.36. The molecule has 6 nitrogen and oxygen atoms in total. The Bertz CT molecular complexity index is 680. The van der Waals surface area contributed by atoms with Gasteiger partial charge in [0, 0.05) is 18.8 Å². The molecule has 0 amide bonds. The highest BCUT2D eigenvalue weighted by molar-refractivity contribution is 7.89. The first kappa shape index (κ1) is 16.6. The lowest BCUT2D eigenvalue weighted by atomic mass is 9.92. The third kappa shape index (κ3) is 4.20. The van der Waals surface area contributed by atoms with Crippen LogP contribution < -0.4 is 0 Å². The van der Waals surface area contributed by atoms with E-state index < -0.39 is 9.84 Å². The van der Waals surface area contributed by atoms with Gasteiger partial charge in [0.1, 0.15) is 5.75 Å². The number of fused-ring (bicyclic) bond motifs is 2. The summed E-state index contributed by atoms with van der Waals surface area (Å²) < 4.78 is 27.8. The standard InChI is InChI=1S/C16H25N3O3S/c1-11(2)19(8-14-7-12-4-5-13(14)6-12)9-16-17-15(18-22-16)10-23(3,20)21/h4-5,11-14H,6-10H2,1-3H3/t12-,13-,14+/m0/s1. The Morgan fingerprint density at radius 2 is 2.13 bits per heavy atom. The average molecular weight is 339 g/mol. The minimum Gasteiger partial charge on any atom is -0.338 e. The van der Waals surface area contributed by atoms with E-state index in [1.54, 1.807) is 0 Å². The molecule has 128 valence electrons. The number of sulfone groups is 1. The van der Waals surface area contributed by atoms with Crippen molar-refractivity contribution in [3.8, 4) is 0 Å². The third-order valence-corrected chi connectivity index (χ3v) is 5.64. The van der Waals surface area contributed by atoms with Gasteiger partial charge in [-0.2, -0.15) is 4.98 Å². The molecule has 1 fully saturated rings. The van der Waals surface area contributed by atoms with E-state index in [2.05, 4.69) is 41.0 Å². The Morgan fingerprint density at radius 1 is 1.35 bits per heavy atom. The van der Waals surface area contributed by atoms with Gasteiger partial charge in [-0.05, 0) is 44.4 Å². The number of nitrogens with zero attached hydrogens (tertiary/aromatic N) is 3. The van der Waals surface area contributed by atoms with E-state index in [9.17, 15) is 8.42 Å². The maximum Gasteiger partial charge on any atom is 0.240 e. The van der Waals surface area contributed by atoms with Crippen LogP contribution in [-0.2, 0) is 22.1 Å². The van der Waals surface area contributed by atoms with Crippen molar-refractivity contribution in [1.29, 1.82) is 0 Å². The molecule has 0 aromatic carbocycles. The molecule has 2 bridgehead atoms. The van der Waals surface area contributed by atoms with Crippen molar-refractivity contribution in [2.24, 2.45) is 17.8 Å². The average Bonchev–Trinajstić information content (AvgIpc) is 3.13. The third-order valence-electron chi connectivity index (χ3n) is 4.86. The van der Waals surface area contributed by atoms with Gasteiger partial charge in [-0.25, -0.2) is 8.42 Å². The van der Waals surface area contributed by atoms with E-state index in [0.29, 0.717) is 30.3 Å². The van der Waals surface area contributed by atoms with Crippen molar-refractivity contribution < 1.29 is 12.9 Å². The van der Waals surface area contributed by atoms with Crippen molar-refractivity contribution in [2.75, 3.05) is 12.8 Å². The van der Waals surface area contributed by atoms with E-state index in [1.807, 2.05) is 0 Å². The minimum atomic E-state index is -3.14. The maximum atomic E-state index is 11.3. The fraction of sp³-hybridized carbons (Fsp3) is 0.750. The summed E-state index contributed by atoms with van der Waals surface area (Å²) in [6.45, 7) is 5.92. The van der Waals surface area contributed by atoms with Gasteiger partial charge in [0.2, 0.25) is 5.89 Å². The summed E-state index contributed by atoms with van der Waals surface area (Å²) in [5.41, 5.74) is 0. The van der Waals surface area contributed by atoms with Crippen molar-refractivity contribution in [2.45, 2.75) is 45.0 Å². The summed E-state index contributed by atoms with van der Waals surface area (Å²) >= 11 is 0. The summed E-state index contributed by atoms with van der Waals surface area (Å²) in [7, 11) is -3.14. The lowest BCUT2D eigenvalue weighted by molar-refractivity contribution is 0.148. The zero-order valence-corrected chi connectivity index (χ0v) is 14.8. The Morgan fingerprint density at radius 3 is 2.70 bits per heavy atom. The lowest BCUT2D eigenvalue weighted by Gasteiger charge is -2.30. The zero-order valence-electron chi connectivity index (χ0n) is 14.0. The molecule has 0 saturated heterocycles. The van der Waals surface area contributed by atoms with E-state index in [0.717, 1.165) is 12.5 Å². The Kier molecular flexibility index (Phi) is 4.60. The molecule has 2 aliphatic carbocycles. The van der Waals surface area contributed by atoms with Crippen LogP contribution in [0.15, 0.2) is 16.7 Å². The second-order valence-corrected chi connectivity index (χ2v) is 9.38. The number of allylic oxidation sites excluding steroid dienone is 2. The first-order valence-corrected chi connectivity index (χ1v) is 10.3. The molecule has 1 saturated carbocycles. The Balaban J connectivity index is 1.62. The molecule has 3 rings (SSSR count). The van der Waals surface area contributed by atoms with E-state index in [1.165, 1.54) is 19.1 Å². The molecule has 1 heterocycles. The summed E-state index contributed by atoms with van der Waals surface area (Å²) in [4.78, 5) is 6.57. The highest BCUT2D eigenvalue weighted by Crippen LogP contribution is 2.43. The van der Waals surface area contributed by atoms with Crippen LogP contribution in [0.2, 0.25) is 0 Å². The summed E-state index contributed by atoms with van der Waals surface area (Å²) in [6, 6.07) is 0.378. The van der Waals surface area contributed by atoms with Gasteiger partial charge < -0.3 is 4.52 Å². The van der Waals surface area contributed by atoms with Gasteiger partial charge in [-0.1, -0.05) is 17.3 Å². The highest BCUT2D eigenvalue weighted by atomic mass is 32.2. The molecule has 23 heavy (non-hydrogen) atoms. The molecule has 1 aromatic rings. The fourth-order valence-electron chi connectivity index (χ4n) is 3.68. The van der Waals surface area contributed by atoms with Crippen LogP contribution in [0.5, 0.6) is 0 Å². The molecular weight excluding hydrogens is 314 g/mol. The van der Waals surface area contributed by atoms with Crippen LogP contribution in [0.1, 0.15) is 38.4 Å². The van der Waals surface area contributed by atoms with Gasteiger partial charge in [-0.15, -0.1) is 0 Å². The van der Waals surface area contributed by atoms with Crippen LogP contribution in [0.3, 0.4) is 0 Å². The predicted molar refractivity (Wildman–Crippen MR) is 87.2 cm³/mol. The van der Waals surface area contributed by atoms with Crippen molar-refractivity contribution >= 4 is 9.84 Å². The van der Waals surface area contributed by atoms with Crippen molar-refractivity contribution in [1.82, 2.24) is 15.0 Å². The Labute approximate surface area is 137 Å². The predicted octanol–water partition coefficient (Wildman–Crippen LogP) is 2.04. The van der Waals surface area contributed by atoms with Gasteiger partial charge in [-0.3, -0.25) is 4.90 Å². The second kappa shape index (κ2) is 6.36. The summed E-state index contributed by atoms with van der Waals surface area (Å²) in [5, 5.41) is 3.78. The van der Waals surface area contributed by atoms with Crippen LogP contribution in [-0.4, -0.2) is 42.3 Å². The summed E-state index contributed by atoms with van der Waals surface area (Å²) in [5.74, 6) is 2.75. The van der Waals surface area contributed by atoms with Crippen molar-refractivity contribution in [3.63, 3.8) is 0 Å². The largest absolute Gasteiger partial charge is 0.338 e. The van der Waals surface area contributed by atoms with Crippen LogP contribution in [0, 0.1) is 17.8 Å². The van der Waals surface area contributed by atoms with E-state index in [4.69, 9.17) is 4.52 Å². The van der Waals surface area contributed by atoms with Crippen molar-refractivity contribution in [3.05, 3.63) is 23.9 Å². The normalized spacial score (nSPS) is 26.7. The molecule has 7 heteroatoms. The first-order valence-electron chi connectivity index (χ1n) is 8.21. The van der Waals surface area contributed by atoms with E-state index >= 15 is 0 Å². The van der Waals surface area contributed by atoms with Crippen LogP contribution >= 0.6 is 0 Å². The monoisotopic (exact) mass is 339 g/mol. The summed E-state index contributed by atoms with van der Waals surface area (Å²) in [6.07, 6.45) is 8.47. The van der Waals surface area contributed by atoms with Crippen LogP contribution in [0.25, 0.3) is 0 Å². The zero-order chi connectivity index (χ0) is 16.6. The van der Waals surface area contributed by atoms with Gasteiger partial charge in [0.05, 0.1) is 6.54 Å². The number of aromatic nitrogens is 2.